The molecule has 1 aromatic carbocycles. The summed E-state index contributed by atoms with van der Waals surface area (Å²) in [5.74, 6) is -0.108. The Balaban J connectivity index is 1.90. The van der Waals surface area contributed by atoms with Gasteiger partial charge in [-0.15, -0.1) is 0 Å². The van der Waals surface area contributed by atoms with E-state index in [1.165, 1.54) is 0 Å². The Morgan fingerprint density at radius 3 is 2.52 bits per heavy atom. The van der Waals surface area contributed by atoms with E-state index in [0.29, 0.717) is 25.3 Å². The number of likely N-dealkylation sites (N-methyl/N-ethyl adjacent to an activating group) is 1. The largest absolute Gasteiger partial charge is 0.392 e. The molecule has 2 aromatic heterocycles. The zero-order chi connectivity index (χ0) is 19.4. The molecule has 0 aliphatic rings. The number of rotatable bonds is 7. The molecule has 0 saturated heterocycles. The molecule has 0 saturated carbocycles. The lowest BCUT2D eigenvalue weighted by Crippen LogP contribution is -2.30. The van der Waals surface area contributed by atoms with E-state index in [-0.39, 0.29) is 5.91 Å². The third kappa shape index (κ3) is 4.53. The fourth-order valence-corrected chi connectivity index (χ4v) is 3.25. The maximum Gasteiger partial charge on any atom is 0.274 e. The van der Waals surface area contributed by atoms with Crippen molar-refractivity contribution in [3.8, 4) is 0 Å². The number of pyridine rings is 1. The van der Waals surface area contributed by atoms with Gasteiger partial charge in [0.15, 0.2) is 5.69 Å². The molecule has 142 valence electrons. The Morgan fingerprint density at radius 1 is 1.11 bits per heavy atom. The van der Waals surface area contributed by atoms with Crippen LogP contribution in [0.1, 0.15) is 28.7 Å². The van der Waals surface area contributed by atoms with Crippen molar-refractivity contribution in [3.05, 3.63) is 71.7 Å². The van der Waals surface area contributed by atoms with Crippen molar-refractivity contribution < 1.29 is 9.90 Å². The van der Waals surface area contributed by atoms with Crippen LogP contribution in [-0.2, 0) is 13.1 Å². The highest BCUT2D eigenvalue weighted by molar-refractivity contribution is 5.94. The highest BCUT2D eigenvalue weighted by Crippen LogP contribution is 2.17. The standard InChI is InChI=1S/C21H26N4O2/c1-16(26)13-23(2)15-18-20(22-19-11-7-8-12-25(18)19)21(27)24(3)14-17-9-5-4-6-10-17/h4-12,16,26H,13-15H2,1-3H3. The maximum absolute atomic E-state index is 13.1. The molecular weight excluding hydrogens is 340 g/mol. The van der Waals surface area contributed by atoms with Crippen molar-refractivity contribution in [2.75, 3.05) is 20.6 Å². The zero-order valence-electron chi connectivity index (χ0n) is 16.0. The molecule has 3 aromatic rings. The lowest BCUT2D eigenvalue weighted by atomic mass is 10.2. The average molecular weight is 366 g/mol. The molecule has 0 radical (unpaired) electrons. The Morgan fingerprint density at radius 2 is 1.81 bits per heavy atom. The number of nitrogens with zero attached hydrogens (tertiary/aromatic N) is 4. The predicted octanol–water partition coefficient (Wildman–Crippen LogP) is 2.42. The molecule has 3 rings (SSSR count). The van der Waals surface area contributed by atoms with Crippen molar-refractivity contribution in [3.63, 3.8) is 0 Å². The van der Waals surface area contributed by atoms with Gasteiger partial charge in [0, 0.05) is 32.9 Å². The summed E-state index contributed by atoms with van der Waals surface area (Å²) in [4.78, 5) is 21.4. The first-order valence-corrected chi connectivity index (χ1v) is 9.07. The zero-order valence-corrected chi connectivity index (χ0v) is 16.0. The molecule has 2 heterocycles. The third-order valence-electron chi connectivity index (χ3n) is 4.44. The Labute approximate surface area is 159 Å². The van der Waals surface area contributed by atoms with E-state index in [4.69, 9.17) is 0 Å². The molecule has 1 amide bonds. The SMILES string of the molecule is CC(O)CN(C)Cc1c(C(=O)N(C)Cc2ccccc2)nc2ccccn12. The second-order valence-electron chi connectivity index (χ2n) is 7.03. The summed E-state index contributed by atoms with van der Waals surface area (Å²) in [6, 6.07) is 15.6. The average Bonchev–Trinajstić information content (AvgIpc) is 2.99. The van der Waals surface area contributed by atoms with Crippen molar-refractivity contribution in [2.45, 2.75) is 26.1 Å². The highest BCUT2D eigenvalue weighted by Gasteiger charge is 2.23. The number of imidazole rings is 1. The van der Waals surface area contributed by atoms with Gasteiger partial charge in [-0.2, -0.15) is 0 Å². The number of fused-ring (bicyclic) bond motifs is 1. The molecule has 1 unspecified atom stereocenters. The molecule has 0 spiro atoms. The molecule has 1 atom stereocenters. The van der Waals surface area contributed by atoms with E-state index in [9.17, 15) is 9.90 Å². The van der Waals surface area contributed by atoms with Gasteiger partial charge in [-0.25, -0.2) is 4.98 Å². The predicted molar refractivity (Wildman–Crippen MR) is 105 cm³/mol. The number of aliphatic hydroxyl groups excluding tert-OH is 1. The number of amides is 1. The molecule has 0 bridgehead atoms. The first-order valence-electron chi connectivity index (χ1n) is 9.07. The molecule has 1 N–H and O–H groups in total. The quantitative estimate of drug-likeness (QED) is 0.698. The first-order chi connectivity index (χ1) is 13.0. The minimum atomic E-state index is -0.436. The monoisotopic (exact) mass is 366 g/mol. The van der Waals surface area contributed by atoms with E-state index < -0.39 is 6.10 Å². The summed E-state index contributed by atoms with van der Waals surface area (Å²) in [5.41, 5.74) is 3.11. The smallest absolute Gasteiger partial charge is 0.274 e. The van der Waals surface area contributed by atoms with Crippen molar-refractivity contribution in [1.82, 2.24) is 19.2 Å². The maximum atomic E-state index is 13.1. The number of hydrogen-bond donors (Lipinski definition) is 1. The Hall–Kier alpha value is -2.70. The van der Waals surface area contributed by atoms with E-state index in [2.05, 4.69) is 4.98 Å². The Kier molecular flexibility index (Phi) is 5.88. The summed E-state index contributed by atoms with van der Waals surface area (Å²) >= 11 is 0. The minimum Gasteiger partial charge on any atom is -0.392 e. The fourth-order valence-electron chi connectivity index (χ4n) is 3.25. The van der Waals surface area contributed by atoms with Crippen LogP contribution in [0.15, 0.2) is 54.7 Å². The van der Waals surface area contributed by atoms with Crippen LogP contribution in [0, 0.1) is 0 Å². The molecular formula is C21H26N4O2. The summed E-state index contributed by atoms with van der Waals surface area (Å²) in [7, 11) is 3.72. The van der Waals surface area contributed by atoms with Gasteiger partial charge in [0.1, 0.15) is 5.65 Å². The molecule has 6 heteroatoms. The number of aromatic nitrogens is 2. The number of carbonyl (C=O) groups is 1. The van der Waals surface area contributed by atoms with Crippen LogP contribution in [0.3, 0.4) is 0 Å². The lowest BCUT2D eigenvalue weighted by Gasteiger charge is -2.20. The number of benzene rings is 1. The van der Waals surface area contributed by atoms with E-state index in [0.717, 1.165) is 16.9 Å². The summed E-state index contributed by atoms with van der Waals surface area (Å²) in [5, 5.41) is 9.66. The summed E-state index contributed by atoms with van der Waals surface area (Å²) in [6.45, 7) is 3.32. The van der Waals surface area contributed by atoms with Gasteiger partial charge >= 0.3 is 0 Å². The van der Waals surface area contributed by atoms with Gasteiger partial charge < -0.3 is 14.4 Å². The minimum absolute atomic E-state index is 0.108. The van der Waals surface area contributed by atoms with Crippen LogP contribution in [0.4, 0.5) is 0 Å². The van der Waals surface area contributed by atoms with Gasteiger partial charge in [-0.05, 0) is 31.7 Å². The first kappa shape index (κ1) is 19.1. The third-order valence-corrected chi connectivity index (χ3v) is 4.44. The fraction of sp³-hybridized carbons (Fsp3) is 0.333. The number of hydrogen-bond acceptors (Lipinski definition) is 4. The van der Waals surface area contributed by atoms with Gasteiger partial charge in [-0.1, -0.05) is 36.4 Å². The topological polar surface area (TPSA) is 61.1 Å². The lowest BCUT2D eigenvalue weighted by molar-refractivity contribution is 0.0777. The molecule has 0 fully saturated rings. The normalized spacial score (nSPS) is 12.5. The Bertz CT molecular complexity index is 905. The van der Waals surface area contributed by atoms with Crippen LogP contribution in [-0.4, -0.2) is 56.9 Å². The second-order valence-corrected chi connectivity index (χ2v) is 7.03. The number of aliphatic hydroxyl groups is 1. The molecule has 0 aliphatic heterocycles. The van der Waals surface area contributed by atoms with Crippen molar-refractivity contribution in [1.29, 1.82) is 0 Å². The van der Waals surface area contributed by atoms with Crippen LogP contribution in [0.5, 0.6) is 0 Å². The second kappa shape index (κ2) is 8.33. The van der Waals surface area contributed by atoms with Crippen LogP contribution in [0.2, 0.25) is 0 Å². The van der Waals surface area contributed by atoms with E-state index in [1.807, 2.05) is 71.1 Å². The molecule has 0 aliphatic carbocycles. The van der Waals surface area contributed by atoms with E-state index >= 15 is 0 Å². The molecule has 6 nitrogen and oxygen atoms in total. The van der Waals surface area contributed by atoms with Crippen LogP contribution < -0.4 is 0 Å². The van der Waals surface area contributed by atoms with Gasteiger partial charge in [-0.3, -0.25) is 9.69 Å². The summed E-state index contributed by atoms with van der Waals surface area (Å²) < 4.78 is 1.95. The van der Waals surface area contributed by atoms with Gasteiger partial charge in [0.25, 0.3) is 5.91 Å². The van der Waals surface area contributed by atoms with Crippen LogP contribution in [0.25, 0.3) is 5.65 Å². The van der Waals surface area contributed by atoms with Gasteiger partial charge in [0.05, 0.1) is 11.8 Å². The van der Waals surface area contributed by atoms with Crippen molar-refractivity contribution in [2.24, 2.45) is 0 Å². The van der Waals surface area contributed by atoms with Crippen LogP contribution >= 0.6 is 0 Å². The molecule has 27 heavy (non-hydrogen) atoms. The van der Waals surface area contributed by atoms with Gasteiger partial charge in [0.2, 0.25) is 0 Å². The number of carbonyl (C=O) groups excluding carboxylic acids is 1. The van der Waals surface area contributed by atoms with Crippen molar-refractivity contribution >= 4 is 11.6 Å². The summed E-state index contributed by atoms with van der Waals surface area (Å²) in [6.07, 6.45) is 1.48. The highest BCUT2D eigenvalue weighted by atomic mass is 16.3. The van der Waals surface area contributed by atoms with E-state index in [1.54, 1.807) is 18.9 Å².